The van der Waals surface area contributed by atoms with Gasteiger partial charge in [-0.1, -0.05) is 41.9 Å². The van der Waals surface area contributed by atoms with Crippen molar-refractivity contribution in [1.29, 1.82) is 0 Å². The first-order valence-electron chi connectivity index (χ1n) is 7.10. The summed E-state index contributed by atoms with van der Waals surface area (Å²) < 4.78 is 0. The molecule has 2 heterocycles. The molecule has 0 unspecified atom stereocenters. The minimum Gasteiger partial charge on any atom is -0.334 e. The fourth-order valence-electron chi connectivity index (χ4n) is 2.24. The van der Waals surface area contributed by atoms with Crippen molar-refractivity contribution in [3.8, 4) is 11.3 Å². The number of nitrogens with one attached hydrogen (secondary N) is 1. The number of amides is 1. The van der Waals surface area contributed by atoms with E-state index in [9.17, 15) is 4.79 Å². The molecule has 3 aromatic rings. The van der Waals surface area contributed by atoms with E-state index in [1.807, 2.05) is 30.3 Å². The van der Waals surface area contributed by atoms with E-state index in [-0.39, 0.29) is 5.91 Å². The number of carbonyl (C=O) groups excluding carboxylic acids is 1. The number of rotatable bonds is 4. The number of hydrogen-bond donors (Lipinski definition) is 1. The maximum atomic E-state index is 12.5. The van der Waals surface area contributed by atoms with Crippen LogP contribution in [0.5, 0.6) is 0 Å². The third-order valence-corrected chi connectivity index (χ3v) is 3.64. The van der Waals surface area contributed by atoms with Crippen LogP contribution in [0.25, 0.3) is 11.3 Å². The average molecular weight is 327 g/mol. The smallest absolute Gasteiger partial charge is 0.271 e. The highest BCUT2D eigenvalue weighted by Gasteiger charge is 2.16. The molecule has 1 amide bonds. The highest BCUT2D eigenvalue weighted by molar-refractivity contribution is 6.30. The summed E-state index contributed by atoms with van der Waals surface area (Å²) >= 11 is 5.94. The van der Waals surface area contributed by atoms with Gasteiger partial charge in [0.05, 0.1) is 17.9 Å². The number of benzene rings is 1. The number of carbonyl (C=O) groups is 1. The van der Waals surface area contributed by atoms with Crippen molar-refractivity contribution in [3.05, 3.63) is 71.1 Å². The van der Waals surface area contributed by atoms with Gasteiger partial charge < -0.3 is 4.90 Å². The van der Waals surface area contributed by atoms with Crippen molar-refractivity contribution in [3.63, 3.8) is 0 Å². The molecular weight excluding hydrogens is 312 g/mol. The van der Waals surface area contributed by atoms with Gasteiger partial charge in [-0.3, -0.25) is 14.9 Å². The zero-order valence-corrected chi connectivity index (χ0v) is 13.3. The van der Waals surface area contributed by atoms with Gasteiger partial charge in [0.1, 0.15) is 5.69 Å². The molecule has 1 aromatic carbocycles. The predicted octanol–water partition coefficient (Wildman–Crippen LogP) is 3.40. The Morgan fingerprint density at radius 1 is 1.22 bits per heavy atom. The van der Waals surface area contributed by atoms with Crippen LogP contribution in [0.2, 0.25) is 5.02 Å². The maximum Gasteiger partial charge on any atom is 0.271 e. The zero-order valence-electron chi connectivity index (χ0n) is 12.5. The predicted molar refractivity (Wildman–Crippen MR) is 89.1 cm³/mol. The minimum absolute atomic E-state index is 0.151. The lowest BCUT2D eigenvalue weighted by molar-refractivity contribution is 0.0777. The van der Waals surface area contributed by atoms with Crippen molar-refractivity contribution in [2.24, 2.45) is 0 Å². The standard InChI is InChI=1S/C17H15ClN4O/c1-22(11-14-9-13(18)7-8-19-14)17(23)16-10-15(20-21-16)12-5-3-2-4-6-12/h2-10H,11H2,1H3,(H,20,21). The third kappa shape index (κ3) is 3.57. The Balaban J connectivity index is 1.74. The largest absolute Gasteiger partial charge is 0.334 e. The summed E-state index contributed by atoms with van der Waals surface area (Å²) in [6.07, 6.45) is 1.62. The van der Waals surface area contributed by atoms with Crippen LogP contribution in [0.15, 0.2) is 54.7 Å². The minimum atomic E-state index is -0.151. The van der Waals surface area contributed by atoms with E-state index in [0.29, 0.717) is 17.3 Å². The molecule has 116 valence electrons. The van der Waals surface area contributed by atoms with E-state index in [1.54, 1.807) is 36.3 Å². The molecule has 0 spiro atoms. The summed E-state index contributed by atoms with van der Waals surface area (Å²) in [6, 6.07) is 14.9. The van der Waals surface area contributed by atoms with Gasteiger partial charge >= 0.3 is 0 Å². The van der Waals surface area contributed by atoms with Crippen LogP contribution in [0.4, 0.5) is 0 Å². The van der Waals surface area contributed by atoms with Gasteiger partial charge in [0.15, 0.2) is 0 Å². The number of nitrogens with zero attached hydrogens (tertiary/aromatic N) is 3. The van der Waals surface area contributed by atoms with Gasteiger partial charge in [-0.15, -0.1) is 0 Å². The summed E-state index contributed by atoms with van der Waals surface area (Å²) in [5.74, 6) is -0.151. The topological polar surface area (TPSA) is 61.9 Å². The number of pyridine rings is 1. The molecule has 0 saturated carbocycles. The lowest BCUT2D eigenvalue weighted by atomic mass is 10.1. The second kappa shape index (κ2) is 6.62. The molecule has 2 aromatic heterocycles. The molecule has 6 heteroatoms. The Bertz CT molecular complexity index is 816. The first-order chi connectivity index (χ1) is 11.1. The van der Waals surface area contributed by atoms with Crippen molar-refractivity contribution in [2.75, 3.05) is 7.05 Å². The lowest BCUT2D eigenvalue weighted by Gasteiger charge is -2.15. The maximum absolute atomic E-state index is 12.5. The Labute approximate surface area is 138 Å². The third-order valence-electron chi connectivity index (χ3n) is 3.40. The van der Waals surface area contributed by atoms with Crippen LogP contribution in [0.3, 0.4) is 0 Å². The van der Waals surface area contributed by atoms with Gasteiger partial charge in [-0.2, -0.15) is 5.10 Å². The quantitative estimate of drug-likeness (QED) is 0.799. The van der Waals surface area contributed by atoms with Crippen molar-refractivity contribution < 1.29 is 4.79 Å². The van der Waals surface area contributed by atoms with Crippen LogP contribution in [0, 0.1) is 0 Å². The van der Waals surface area contributed by atoms with E-state index >= 15 is 0 Å². The highest BCUT2D eigenvalue weighted by Crippen LogP contribution is 2.18. The molecular formula is C17H15ClN4O. The van der Waals surface area contributed by atoms with Crippen LogP contribution < -0.4 is 0 Å². The molecule has 23 heavy (non-hydrogen) atoms. The van der Waals surface area contributed by atoms with E-state index in [1.165, 1.54) is 0 Å². The van der Waals surface area contributed by atoms with Gasteiger partial charge in [0.2, 0.25) is 0 Å². The van der Waals surface area contributed by atoms with Crippen LogP contribution in [0.1, 0.15) is 16.2 Å². The molecule has 0 radical (unpaired) electrons. The zero-order chi connectivity index (χ0) is 16.2. The second-order valence-electron chi connectivity index (χ2n) is 5.16. The second-order valence-corrected chi connectivity index (χ2v) is 5.60. The molecule has 3 rings (SSSR count). The molecule has 0 fully saturated rings. The molecule has 0 aliphatic carbocycles. The molecule has 0 saturated heterocycles. The Morgan fingerprint density at radius 3 is 2.74 bits per heavy atom. The monoisotopic (exact) mass is 326 g/mol. The molecule has 0 atom stereocenters. The highest BCUT2D eigenvalue weighted by atomic mass is 35.5. The number of aromatic nitrogens is 3. The summed E-state index contributed by atoms with van der Waals surface area (Å²) in [5, 5.41) is 7.60. The molecule has 0 aliphatic rings. The van der Waals surface area contributed by atoms with Gasteiger partial charge in [-0.05, 0) is 18.2 Å². The Kier molecular flexibility index (Phi) is 4.39. The van der Waals surface area contributed by atoms with Crippen LogP contribution in [-0.2, 0) is 6.54 Å². The van der Waals surface area contributed by atoms with Gasteiger partial charge in [0, 0.05) is 23.8 Å². The first kappa shape index (κ1) is 15.2. The molecule has 5 nitrogen and oxygen atoms in total. The van der Waals surface area contributed by atoms with Gasteiger partial charge in [0.25, 0.3) is 5.91 Å². The molecule has 1 N–H and O–H groups in total. The SMILES string of the molecule is CN(Cc1cc(Cl)ccn1)C(=O)c1cc(-c2ccccc2)n[nH]1. The van der Waals surface area contributed by atoms with E-state index < -0.39 is 0 Å². The number of aromatic amines is 1. The lowest BCUT2D eigenvalue weighted by Crippen LogP contribution is -2.26. The summed E-state index contributed by atoms with van der Waals surface area (Å²) in [4.78, 5) is 18.2. The van der Waals surface area contributed by atoms with Gasteiger partial charge in [-0.25, -0.2) is 0 Å². The Morgan fingerprint density at radius 2 is 2.00 bits per heavy atom. The molecule has 0 aliphatic heterocycles. The van der Waals surface area contributed by atoms with E-state index in [0.717, 1.165) is 17.0 Å². The summed E-state index contributed by atoms with van der Waals surface area (Å²) in [5.41, 5.74) is 2.87. The average Bonchev–Trinajstić information content (AvgIpc) is 3.05. The number of H-pyrrole nitrogens is 1. The normalized spacial score (nSPS) is 10.5. The fraction of sp³-hybridized carbons (Fsp3) is 0.118. The van der Waals surface area contributed by atoms with E-state index in [4.69, 9.17) is 11.6 Å². The number of hydrogen-bond acceptors (Lipinski definition) is 3. The summed E-state index contributed by atoms with van der Waals surface area (Å²) in [7, 11) is 1.72. The van der Waals surface area contributed by atoms with Crippen molar-refractivity contribution >= 4 is 17.5 Å². The van der Waals surface area contributed by atoms with Crippen molar-refractivity contribution in [1.82, 2.24) is 20.1 Å². The van der Waals surface area contributed by atoms with Crippen molar-refractivity contribution in [2.45, 2.75) is 6.54 Å². The molecule has 0 bridgehead atoms. The van der Waals surface area contributed by atoms with E-state index in [2.05, 4.69) is 15.2 Å². The number of halogens is 1. The summed E-state index contributed by atoms with van der Waals surface area (Å²) in [6.45, 7) is 0.374. The fourth-order valence-corrected chi connectivity index (χ4v) is 2.43. The van der Waals surface area contributed by atoms with Crippen LogP contribution >= 0.6 is 11.6 Å². The Hall–Kier alpha value is -2.66. The van der Waals surface area contributed by atoms with Crippen LogP contribution in [-0.4, -0.2) is 33.0 Å². The first-order valence-corrected chi connectivity index (χ1v) is 7.48.